The average molecular weight is 426 g/mol. The molecular weight excluding hydrogens is 398 g/mol. The zero-order valence-electron chi connectivity index (χ0n) is 17.4. The van der Waals surface area contributed by atoms with Crippen molar-refractivity contribution in [2.45, 2.75) is 69.6 Å². The Hall–Kier alpha value is -1.92. The van der Waals surface area contributed by atoms with Gasteiger partial charge in [0.05, 0.1) is 5.25 Å². The van der Waals surface area contributed by atoms with E-state index in [2.05, 4.69) is 41.3 Å². The van der Waals surface area contributed by atoms with Crippen LogP contribution >= 0.6 is 23.1 Å². The van der Waals surface area contributed by atoms with Crippen LogP contribution in [-0.4, -0.2) is 21.1 Å². The smallest absolute Gasteiger partial charge is 0.237 e. The largest absolute Gasteiger partial charge is 0.325 e. The van der Waals surface area contributed by atoms with Gasteiger partial charge < -0.3 is 5.32 Å². The summed E-state index contributed by atoms with van der Waals surface area (Å²) in [7, 11) is 0. The summed E-state index contributed by atoms with van der Waals surface area (Å²) in [6, 6.07) is 6.19. The first-order chi connectivity index (χ1) is 14.0. The third-order valence-corrected chi connectivity index (χ3v) is 7.85. The third kappa shape index (κ3) is 4.05. The summed E-state index contributed by atoms with van der Waals surface area (Å²) in [5.41, 5.74) is 4.62. The lowest BCUT2D eigenvalue weighted by Gasteiger charge is -2.19. The second kappa shape index (κ2) is 8.44. The predicted molar refractivity (Wildman–Crippen MR) is 123 cm³/mol. The van der Waals surface area contributed by atoms with E-state index in [0.29, 0.717) is 5.92 Å². The van der Waals surface area contributed by atoms with Gasteiger partial charge >= 0.3 is 0 Å². The van der Waals surface area contributed by atoms with Crippen LogP contribution in [0, 0.1) is 6.92 Å². The van der Waals surface area contributed by atoms with Gasteiger partial charge in [-0.3, -0.25) is 4.79 Å². The Labute approximate surface area is 180 Å². The van der Waals surface area contributed by atoms with Crippen molar-refractivity contribution in [2.75, 3.05) is 5.32 Å². The maximum Gasteiger partial charge on any atom is 0.237 e. The van der Waals surface area contributed by atoms with Gasteiger partial charge in [-0.15, -0.1) is 11.3 Å². The minimum Gasteiger partial charge on any atom is -0.325 e. The third-order valence-electron chi connectivity index (χ3n) is 5.55. The van der Waals surface area contributed by atoms with Gasteiger partial charge in [-0.05, 0) is 62.1 Å². The summed E-state index contributed by atoms with van der Waals surface area (Å²) in [5, 5.41) is 5.05. The van der Waals surface area contributed by atoms with Crippen LogP contribution in [0.15, 0.2) is 29.6 Å². The zero-order chi connectivity index (χ0) is 20.5. The number of carbonyl (C=O) groups is 1. The second-order valence-electron chi connectivity index (χ2n) is 8.01. The molecule has 1 aliphatic carbocycles. The SMILES string of the molecule is Cc1cccc(C(C)C)c1NC(=O)[C@H](C)Sc1ncnc2sc3c(c12)CCCC3. The Balaban J connectivity index is 1.58. The van der Waals surface area contributed by atoms with Gasteiger partial charge in [-0.1, -0.05) is 43.8 Å². The van der Waals surface area contributed by atoms with Crippen molar-refractivity contribution in [3.63, 3.8) is 0 Å². The molecule has 1 aliphatic rings. The number of carbonyl (C=O) groups excluding carboxylic acids is 1. The van der Waals surface area contributed by atoms with E-state index in [1.54, 1.807) is 29.4 Å². The number of hydrogen-bond donors (Lipinski definition) is 1. The molecule has 0 unspecified atom stereocenters. The molecule has 1 aromatic carbocycles. The number of amides is 1. The summed E-state index contributed by atoms with van der Waals surface area (Å²) >= 11 is 3.34. The first-order valence-electron chi connectivity index (χ1n) is 10.3. The quantitative estimate of drug-likeness (QED) is 0.395. The fraction of sp³-hybridized carbons (Fsp3) is 0.435. The maximum atomic E-state index is 13.0. The van der Waals surface area contributed by atoms with Crippen LogP contribution in [0.5, 0.6) is 0 Å². The number of hydrogen-bond acceptors (Lipinski definition) is 5. The van der Waals surface area contributed by atoms with Gasteiger partial charge in [0.1, 0.15) is 16.2 Å². The van der Waals surface area contributed by atoms with Crippen molar-refractivity contribution >= 4 is 44.9 Å². The highest BCUT2D eigenvalue weighted by atomic mass is 32.2. The summed E-state index contributed by atoms with van der Waals surface area (Å²) < 4.78 is 0. The molecule has 1 N–H and O–H groups in total. The lowest BCUT2D eigenvalue weighted by molar-refractivity contribution is -0.115. The molecule has 3 aromatic rings. The van der Waals surface area contributed by atoms with E-state index in [4.69, 9.17) is 0 Å². The van der Waals surface area contributed by atoms with Crippen LogP contribution in [0.2, 0.25) is 0 Å². The fourth-order valence-corrected chi connectivity index (χ4v) is 6.18. The first kappa shape index (κ1) is 20.4. The zero-order valence-corrected chi connectivity index (χ0v) is 19.0. The van der Waals surface area contributed by atoms with Crippen molar-refractivity contribution in [1.29, 1.82) is 0 Å². The van der Waals surface area contributed by atoms with Gasteiger partial charge in [0.25, 0.3) is 0 Å². The number of thioether (sulfide) groups is 1. The Morgan fingerprint density at radius 1 is 1.17 bits per heavy atom. The van der Waals surface area contributed by atoms with Crippen molar-refractivity contribution in [3.05, 3.63) is 46.1 Å². The molecule has 2 heterocycles. The Bertz CT molecular complexity index is 1060. The number of benzene rings is 1. The Morgan fingerprint density at radius 2 is 1.97 bits per heavy atom. The molecule has 1 amide bonds. The molecule has 29 heavy (non-hydrogen) atoms. The van der Waals surface area contributed by atoms with Gasteiger partial charge in [0.2, 0.25) is 5.91 Å². The molecular formula is C23H27N3OS2. The molecule has 152 valence electrons. The number of thiophene rings is 1. The van der Waals surface area contributed by atoms with Crippen molar-refractivity contribution in [3.8, 4) is 0 Å². The molecule has 2 aromatic heterocycles. The molecule has 0 aliphatic heterocycles. The minimum atomic E-state index is -0.244. The fourth-order valence-electron chi connectivity index (χ4n) is 3.94. The van der Waals surface area contributed by atoms with Crippen LogP contribution in [0.25, 0.3) is 10.2 Å². The van der Waals surface area contributed by atoms with Crippen LogP contribution in [-0.2, 0) is 17.6 Å². The molecule has 0 radical (unpaired) electrons. The Kier molecular flexibility index (Phi) is 5.93. The highest BCUT2D eigenvalue weighted by Gasteiger charge is 2.23. The van der Waals surface area contributed by atoms with E-state index >= 15 is 0 Å². The van der Waals surface area contributed by atoms with Crippen LogP contribution in [0.1, 0.15) is 61.1 Å². The van der Waals surface area contributed by atoms with E-state index in [9.17, 15) is 4.79 Å². The van der Waals surface area contributed by atoms with E-state index in [1.165, 1.54) is 34.2 Å². The lowest BCUT2D eigenvalue weighted by Crippen LogP contribution is -2.24. The number of nitrogens with one attached hydrogen (secondary N) is 1. The van der Waals surface area contributed by atoms with E-state index in [-0.39, 0.29) is 11.2 Å². The summed E-state index contributed by atoms with van der Waals surface area (Å²) in [6.07, 6.45) is 6.34. The molecule has 1 atom stereocenters. The van der Waals surface area contributed by atoms with Gasteiger partial charge in [0.15, 0.2) is 0 Å². The molecule has 0 bridgehead atoms. The molecule has 6 heteroatoms. The summed E-state index contributed by atoms with van der Waals surface area (Å²) in [5.74, 6) is 0.369. The van der Waals surface area contributed by atoms with E-state index in [1.807, 2.05) is 19.9 Å². The van der Waals surface area contributed by atoms with Gasteiger partial charge in [-0.2, -0.15) is 0 Å². The topological polar surface area (TPSA) is 54.9 Å². The van der Waals surface area contributed by atoms with E-state index in [0.717, 1.165) is 33.9 Å². The second-order valence-corrected chi connectivity index (χ2v) is 10.4. The highest BCUT2D eigenvalue weighted by Crippen LogP contribution is 2.40. The van der Waals surface area contributed by atoms with Crippen molar-refractivity contribution in [2.24, 2.45) is 0 Å². The van der Waals surface area contributed by atoms with E-state index < -0.39 is 0 Å². The summed E-state index contributed by atoms with van der Waals surface area (Å²) in [4.78, 5) is 24.6. The minimum absolute atomic E-state index is 0.0158. The molecule has 4 nitrogen and oxygen atoms in total. The summed E-state index contributed by atoms with van der Waals surface area (Å²) in [6.45, 7) is 8.31. The average Bonchev–Trinajstić information content (AvgIpc) is 3.08. The number of aryl methyl sites for hydroxylation is 3. The number of aromatic nitrogens is 2. The van der Waals surface area contributed by atoms with Gasteiger partial charge in [-0.25, -0.2) is 9.97 Å². The van der Waals surface area contributed by atoms with Crippen LogP contribution < -0.4 is 5.32 Å². The van der Waals surface area contributed by atoms with Crippen LogP contribution in [0.3, 0.4) is 0 Å². The molecule has 0 saturated heterocycles. The Morgan fingerprint density at radius 3 is 2.76 bits per heavy atom. The predicted octanol–water partition coefficient (Wildman–Crippen LogP) is 6.12. The lowest BCUT2D eigenvalue weighted by atomic mass is 9.97. The number of para-hydroxylation sites is 1. The van der Waals surface area contributed by atoms with Gasteiger partial charge in [0, 0.05) is 16.0 Å². The monoisotopic (exact) mass is 425 g/mol. The number of nitrogens with zero attached hydrogens (tertiary/aromatic N) is 2. The molecule has 0 fully saturated rings. The number of fused-ring (bicyclic) bond motifs is 3. The molecule has 4 rings (SSSR count). The first-order valence-corrected chi connectivity index (χ1v) is 12.0. The highest BCUT2D eigenvalue weighted by molar-refractivity contribution is 8.00. The maximum absolute atomic E-state index is 13.0. The molecule has 0 spiro atoms. The normalized spacial score (nSPS) is 14.8. The van der Waals surface area contributed by atoms with Crippen molar-refractivity contribution in [1.82, 2.24) is 9.97 Å². The molecule has 0 saturated carbocycles. The standard InChI is InChI=1S/C23H27N3OS2/c1-13(2)16-10-7-8-14(3)20(16)26-21(27)15(4)28-22-19-17-9-5-6-11-18(17)29-23(19)25-12-24-22/h7-8,10,12-13,15H,5-6,9,11H2,1-4H3,(H,26,27)/t15-/m0/s1. The number of anilines is 1. The number of rotatable bonds is 5. The van der Waals surface area contributed by atoms with Crippen LogP contribution in [0.4, 0.5) is 5.69 Å². The van der Waals surface area contributed by atoms with Crippen molar-refractivity contribution < 1.29 is 4.79 Å².